The fourth-order valence-corrected chi connectivity index (χ4v) is 5.03. The normalized spacial score (nSPS) is 25.1. The molecule has 0 aromatic rings. The van der Waals surface area contributed by atoms with Crippen molar-refractivity contribution in [3.05, 3.63) is 131 Å². The zero-order valence-electron chi connectivity index (χ0n) is 26.1. The molecular weight excluding hydrogens is 488 g/mol. The molecule has 0 amide bonds. The van der Waals surface area contributed by atoms with Crippen molar-refractivity contribution in [2.24, 2.45) is 10.8 Å². The van der Waals surface area contributed by atoms with Gasteiger partial charge in [-0.15, -0.1) is 0 Å². The zero-order chi connectivity index (χ0) is 29.8. The van der Waals surface area contributed by atoms with Gasteiger partial charge >= 0.3 is 0 Å². The van der Waals surface area contributed by atoms with Crippen LogP contribution in [-0.2, 0) is 0 Å². The van der Waals surface area contributed by atoms with Gasteiger partial charge in [0.1, 0.15) is 0 Å². The van der Waals surface area contributed by atoms with E-state index in [0.29, 0.717) is 0 Å². The summed E-state index contributed by atoms with van der Waals surface area (Å²) in [6, 6.07) is 0. The lowest BCUT2D eigenvalue weighted by Crippen LogP contribution is -2.26. The van der Waals surface area contributed by atoms with Gasteiger partial charge in [-0.05, 0) is 75.4 Å². The predicted molar refractivity (Wildman–Crippen MR) is 175 cm³/mol. The Morgan fingerprint density at radius 2 is 0.900 bits per heavy atom. The van der Waals surface area contributed by atoms with Gasteiger partial charge in [-0.2, -0.15) is 0 Å². The Balaban J connectivity index is 1.85. The molecule has 0 aliphatic heterocycles. The Bertz CT molecular complexity index is 1100. The van der Waals surface area contributed by atoms with E-state index >= 15 is 0 Å². The van der Waals surface area contributed by atoms with E-state index in [1.54, 1.807) is 0 Å². The van der Waals surface area contributed by atoms with Gasteiger partial charge in [0.15, 0.2) is 0 Å². The number of aliphatic hydroxyl groups is 2. The third kappa shape index (κ3) is 12.1. The van der Waals surface area contributed by atoms with Crippen molar-refractivity contribution in [3.8, 4) is 0 Å². The number of aliphatic hydroxyl groups excluding tert-OH is 2. The average Bonchev–Trinajstić information content (AvgIpc) is 2.84. The summed E-state index contributed by atoms with van der Waals surface area (Å²) in [6.07, 6.45) is 36.7. The number of hydrogen-bond acceptors (Lipinski definition) is 2. The molecule has 0 saturated heterocycles. The van der Waals surface area contributed by atoms with Gasteiger partial charge in [-0.25, -0.2) is 0 Å². The van der Waals surface area contributed by atoms with E-state index in [-0.39, 0.29) is 23.0 Å². The summed E-state index contributed by atoms with van der Waals surface area (Å²) in [5, 5.41) is 19.8. The third-order valence-corrected chi connectivity index (χ3v) is 7.59. The van der Waals surface area contributed by atoms with Gasteiger partial charge in [0.25, 0.3) is 0 Å². The lowest BCUT2D eigenvalue weighted by molar-refractivity contribution is 0.120. The fourth-order valence-electron chi connectivity index (χ4n) is 5.03. The number of hydrogen-bond donors (Lipinski definition) is 2. The first-order valence-electron chi connectivity index (χ1n) is 14.6. The van der Waals surface area contributed by atoms with Crippen LogP contribution in [0.5, 0.6) is 0 Å². The minimum atomic E-state index is -0.221. The highest BCUT2D eigenvalue weighted by atomic mass is 16.3. The maximum Gasteiger partial charge on any atom is 0.0583 e. The number of rotatable bonds is 10. The highest BCUT2D eigenvalue weighted by Gasteiger charge is 2.29. The van der Waals surface area contributed by atoms with Crippen LogP contribution in [0.4, 0.5) is 0 Å². The summed E-state index contributed by atoms with van der Waals surface area (Å²) in [7, 11) is 0. The van der Waals surface area contributed by atoms with E-state index in [2.05, 4.69) is 153 Å². The summed E-state index contributed by atoms with van der Waals surface area (Å²) in [5.41, 5.74) is 7.40. The van der Waals surface area contributed by atoms with Gasteiger partial charge in [0, 0.05) is 0 Å². The summed E-state index contributed by atoms with van der Waals surface area (Å²) >= 11 is 0. The molecule has 2 aliphatic carbocycles. The van der Waals surface area contributed by atoms with Gasteiger partial charge in [0.2, 0.25) is 0 Å². The smallest absolute Gasteiger partial charge is 0.0583 e. The summed E-state index contributed by atoms with van der Waals surface area (Å²) in [5.74, 6) is 0. The Morgan fingerprint density at radius 1 is 0.575 bits per heavy atom. The molecule has 0 saturated carbocycles. The first-order chi connectivity index (χ1) is 18.8. The van der Waals surface area contributed by atoms with Crippen molar-refractivity contribution >= 4 is 0 Å². The highest BCUT2D eigenvalue weighted by molar-refractivity contribution is 5.36. The highest BCUT2D eigenvalue weighted by Crippen LogP contribution is 2.38. The van der Waals surface area contributed by atoms with Crippen molar-refractivity contribution in [1.82, 2.24) is 0 Å². The van der Waals surface area contributed by atoms with Crippen LogP contribution >= 0.6 is 0 Å². The van der Waals surface area contributed by atoms with Crippen LogP contribution in [0.15, 0.2) is 131 Å². The second kappa shape index (κ2) is 15.7. The van der Waals surface area contributed by atoms with Crippen LogP contribution < -0.4 is 0 Å². The van der Waals surface area contributed by atoms with E-state index < -0.39 is 0 Å². The molecule has 0 spiro atoms. The quantitative estimate of drug-likeness (QED) is 0.271. The molecule has 0 aromatic heterocycles. The Kier molecular flexibility index (Phi) is 13.1. The molecule has 216 valence electrons. The molecule has 0 fully saturated rings. The van der Waals surface area contributed by atoms with E-state index in [1.165, 1.54) is 33.4 Å². The first-order valence-corrected chi connectivity index (χ1v) is 14.6. The molecule has 2 atom stereocenters. The molecule has 2 aliphatic rings. The minimum Gasteiger partial charge on any atom is -0.393 e. The average molecular weight is 541 g/mol. The van der Waals surface area contributed by atoms with Crippen LogP contribution in [0.1, 0.15) is 81.1 Å². The van der Waals surface area contributed by atoms with Crippen molar-refractivity contribution in [2.75, 3.05) is 0 Å². The maximum absolute atomic E-state index is 9.92. The monoisotopic (exact) mass is 540 g/mol. The van der Waals surface area contributed by atoms with Crippen LogP contribution in [0.2, 0.25) is 0 Å². The van der Waals surface area contributed by atoms with Crippen LogP contribution in [-0.4, -0.2) is 22.4 Å². The molecule has 2 heteroatoms. The molecule has 40 heavy (non-hydrogen) atoms. The van der Waals surface area contributed by atoms with Crippen LogP contribution in [0, 0.1) is 10.8 Å². The lowest BCUT2D eigenvalue weighted by atomic mass is 9.74. The van der Waals surface area contributed by atoms with Crippen molar-refractivity contribution in [3.63, 3.8) is 0 Å². The predicted octanol–water partition coefficient (Wildman–Crippen LogP) is 9.77. The molecule has 0 unspecified atom stereocenters. The van der Waals surface area contributed by atoms with Crippen LogP contribution in [0.25, 0.3) is 0 Å². The molecule has 2 nitrogen and oxygen atoms in total. The fraction of sp³-hybridized carbons (Fsp3) is 0.421. The SMILES string of the molecule is CC(/C=C/C=C(C)/C=C/C1=CC[C@@H](O)CC1(C)C)=C\C=C\C=C(C)\C=C\C=C(C)\C=C\C1=CC[C@H](O)CC1(C)C. The van der Waals surface area contributed by atoms with Crippen molar-refractivity contribution in [2.45, 2.75) is 93.3 Å². The van der Waals surface area contributed by atoms with Gasteiger partial charge in [0.05, 0.1) is 12.2 Å². The number of allylic oxidation sites excluding steroid dienone is 20. The summed E-state index contributed by atoms with van der Waals surface area (Å²) < 4.78 is 0. The Morgan fingerprint density at radius 3 is 1.25 bits per heavy atom. The van der Waals surface area contributed by atoms with Crippen molar-refractivity contribution in [1.29, 1.82) is 0 Å². The van der Waals surface area contributed by atoms with E-state index in [4.69, 9.17) is 0 Å². The molecule has 2 N–H and O–H groups in total. The largest absolute Gasteiger partial charge is 0.393 e. The molecule has 0 heterocycles. The van der Waals surface area contributed by atoms with E-state index in [1.807, 2.05) is 0 Å². The molecule has 0 aromatic carbocycles. The maximum atomic E-state index is 9.92. The van der Waals surface area contributed by atoms with Gasteiger partial charge < -0.3 is 10.2 Å². The third-order valence-electron chi connectivity index (χ3n) is 7.59. The topological polar surface area (TPSA) is 40.5 Å². The summed E-state index contributed by atoms with van der Waals surface area (Å²) in [6.45, 7) is 17.2. The lowest BCUT2D eigenvalue weighted by Gasteiger charge is -2.33. The molecule has 0 bridgehead atoms. The second-order valence-electron chi connectivity index (χ2n) is 12.7. The molecule has 0 radical (unpaired) electrons. The Hall–Kier alpha value is -2.94. The van der Waals surface area contributed by atoms with E-state index in [9.17, 15) is 10.2 Å². The molecule has 2 rings (SSSR count). The first kappa shape index (κ1) is 33.3. The van der Waals surface area contributed by atoms with E-state index in [0.717, 1.165) is 25.7 Å². The Labute approximate surface area is 244 Å². The second-order valence-corrected chi connectivity index (χ2v) is 12.7. The van der Waals surface area contributed by atoms with Crippen LogP contribution in [0.3, 0.4) is 0 Å². The van der Waals surface area contributed by atoms with Gasteiger partial charge in [-0.3, -0.25) is 0 Å². The zero-order valence-corrected chi connectivity index (χ0v) is 26.1. The summed E-state index contributed by atoms with van der Waals surface area (Å²) in [4.78, 5) is 0. The van der Waals surface area contributed by atoms with Crippen molar-refractivity contribution < 1.29 is 10.2 Å². The van der Waals surface area contributed by atoms with Gasteiger partial charge in [-0.1, -0.05) is 147 Å². The standard InChI is InChI=1S/C38H52O2/c1-29(15-11-17-31(3)19-21-33-23-25-35(39)27-37(33,5)6)13-9-10-14-30(2)16-12-18-32(4)20-22-34-24-26-36(40)28-38(34,7)8/h9-24,35-36,39-40H,25-28H2,1-8H3/b10-9+,15-11+,16-12+,21-19+,22-20+,29-13+,30-14+,31-17+,32-18+/t35-,36+. The molecular formula is C38H52O2. The minimum absolute atomic E-state index is 0.0160.